The van der Waals surface area contributed by atoms with E-state index in [2.05, 4.69) is 22.3 Å². The number of hydrogen-bond acceptors (Lipinski definition) is 4. The van der Waals surface area contributed by atoms with E-state index in [4.69, 9.17) is 9.47 Å². The lowest BCUT2D eigenvalue weighted by Crippen LogP contribution is -2.51. The zero-order valence-electron chi connectivity index (χ0n) is 12.9. The van der Waals surface area contributed by atoms with Crippen LogP contribution < -0.4 is 10.1 Å². The molecule has 1 aliphatic heterocycles. The summed E-state index contributed by atoms with van der Waals surface area (Å²) in [5.41, 5.74) is 1.37. The molecule has 116 valence electrons. The van der Waals surface area contributed by atoms with Crippen LogP contribution in [0.2, 0.25) is 0 Å². The maximum atomic E-state index is 5.65. The van der Waals surface area contributed by atoms with Gasteiger partial charge in [0.25, 0.3) is 0 Å². The second-order valence-electron chi connectivity index (χ2n) is 6.05. The quantitative estimate of drug-likeness (QED) is 0.828. The summed E-state index contributed by atoms with van der Waals surface area (Å²) in [6.45, 7) is 4.94. The monoisotopic (exact) mass is 290 g/mol. The van der Waals surface area contributed by atoms with E-state index in [0.29, 0.717) is 6.04 Å². The molecule has 1 aromatic rings. The maximum absolute atomic E-state index is 5.65. The molecule has 1 unspecified atom stereocenters. The SMILES string of the molecule is COc1ccc(CCN2CCOCC2CNC2CC2)cc1. The molecule has 0 aromatic heterocycles. The van der Waals surface area contributed by atoms with E-state index in [-0.39, 0.29) is 0 Å². The van der Waals surface area contributed by atoms with Gasteiger partial charge in [-0.15, -0.1) is 0 Å². The first-order valence-corrected chi connectivity index (χ1v) is 8.03. The first kappa shape index (κ1) is 14.8. The fraction of sp³-hybridized carbons (Fsp3) is 0.647. The van der Waals surface area contributed by atoms with Crippen LogP contribution in [0.5, 0.6) is 5.75 Å². The van der Waals surface area contributed by atoms with Gasteiger partial charge in [-0.25, -0.2) is 0 Å². The summed E-state index contributed by atoms with van der Waals surface area (Å²) in [6, 6.07) is 9.71. The third-order valence-electron chi connectivity index (χ3n) is 4.42. The van der Waals surface area contributed by atoms with Crippen molar-refractivity contribution >= 4 is 0 Å². The van der Waals surface area contributed by atoms with Gasteiger partial charge in [0, 0.05) is 31.7 Å². The van der Waals surface area contributed by atoms with Gasteiger partial charge in [0.2, 0.25) is 0 Å². The van der Waals surface area contributed by atoms with Crippen molar-refractivity contribution in [1.82, 2.24) is 10.2 Å². The molecule has 2 aliphatic rings. The highest BCUT2D eigenvalue weighted by atomic mass is 16.5. The second-order valence-corrected chi connectivity index (χ2v) is 6.05. The van der Waals surface area contributed by atoms with Crippen molar-refractivity contribution in [2.45, 2.75) is 31.3 Å². The molecule has 1 saturated heterocycles. The molecule has 1 atom stereocenters. The zero-order valence-corrected chi connectivity index (χ0v) is 12.9. The average molecular weight is 290 g/mol. The van der Waals surface area contributed by atoms with Gasteiger partial charge in [-0.05, 0) is 37.0 Å². The van der Waals surface area contributed by atoms with Gasteiger partial charge in [0.1, 0.15) is 5.75 Å². The van der Waals surface area contributed by atoms with E-state index >= 15 is 0 Å². The Labute approximate surface area is 127 Å². The van der Waals surface area contributed by atoms with Gasteiger partial charge in [-0.1, -0.05) is 12.1 Å². The van der Waals surface area contributed by atoms with Crippen LogP contribution in [-0.4, -0.2) is 56.9 Å². The van der Waals surface area contributed by atoms with Gasteiger partial charge in [-0.2, -0.15) is 0 Å². The van der Waals surface area contributed by atoms with Crippen molar-refractivity contribution in [3.8, 4) is 5.75 Å². The molecule has 0 bridgehead atoms. The fourth-order valence-corrected chi connectivity index (χ4v) is 2.83. The van der Waals surface area contributed by atoms with Crippen molar-refractivity contribution < 1.29 is 9.47 Å². The topological polar surface area (TPSA) is 33.7 Å². The zero-order chi connectivity index (χ0) is 14.5. The molecule has 0 amide bonds. The summed E-state index contributed by atoms with van der Waals surface area (Å²) < 4.78 is 10.9. The summed E-state index contributed by atoms with van der Waals surface area (Å²) in [5.74, 6) is 0.927. The normalized spacial score (nSPS) is 23.2. The number of rotatable bonds is 7. The summed E-state index contributed by atoms with van der Waals surface area (Å²) in [4.78, 5) is 2.57. The predicted molar refractivity (Wildman–Crippen MR) is 83.9 cm³/mol. The summed E-state index contributed by atoms with van der Waals surface area (Å²) in [5, 5.41) is 3.63. The molecule has 3 rings (SSSR count). The number of benzene rings is 1. The molecular formula is C17H26N2O2. The lowest BCUT2D eigenvalue weighted by Gasteiger charge is -2.35. The Bertz CT molecular complexity index is 431. The van der Waals surface area contributed by atoms with Gasteiger partial charge in [-0.3, -0.25) is 4.90 Å². The minimum Gasteiger partial charge on any atom is -0.497 e. The number of nitrogens with zero attached hydrogens (tertiary/aromatic N) is 1. The molecule has 1 N–H and O–H groups in total. The van der Waals surface area contributed by atoms with Crippen molar-refractivity contribution in [3.63, 3.8) is 0 Å². The molecule has 1 aliphatic carbocycles. The van der Waals surface area contributed by atoms with Gasteiger partial charge in [0.15, 0.2) is 0 Å². The van der Waals surface area contributed by atoms with Crippen LogP contribution in [-0.2, 0) is 11.2 Å². The fourth-order valence-electron chi connectivity index (χ4n) is 2.83. The predicted octanol–water partition coefficient (Wildman–Crippen LogP) is 1.69. The Morgan fingerprint density at radius 2 is 2.10 bits per heavy atom. The lowest BCUT2D eigenvalue weighted by atomic mass is 10.1. The lowest BCUT2D eigenvalue weighted by molar-refractivity contribution is -0.00628. The number of methoxy groups -OCH3 is 1. The van der Waals surface area contributed by atoms with E-state index in [1.807, 2.05) is 12.1 Å². The Hall–Kier alpha value is -1.10. The minimum atomic E-state index is 0.526. The number of ether oxygens (including phenoxy) is 2. The molecule has 1 saturated carbocycles. The van der Waals surface area contributed by atoms with Crippen molar-refractivity contribution in [3.05, 3.63) is 29.8 Å². The van der Waals surface area contributed by atoms with E-state index in [9.17, 15) is 0 Å². The van der Waals surface area contributed by atoms with Crippen LogP contribution in [0.15, 0.2) is 24.3 Å². The molecule has 4 heteroatoms. The van der Waals surface area contributed by atoms with E-state index < -0.39 is 0 Å². The molecular weight excluding hydrogens is 264 g/mol. The molecule has 1 aromatic carbocycles. The highest BCUT2D eigenvalue weighted by Gasteiger charge is 2.26. The Morgan fingerprint density at radius 1 is 1.29 bits per heavy atom. The van der Waals surface area contributed by atoms with Crippen LogP contribution in [0.3, 0.4) is 0 Å². The van der Waals surface area contributed by atoms with Crippen LogP contribution in [0.25, 0.3) is 0 Å². The Balaban J connectivity index is 1.48. The van der Waals surface area contributed by atoms with E-state index in [1.54, 1.807) is 7.11 Å². The van der Waals surface area contributed by atoms with Gasteiger partial charge < -0.3 is 14.8 Å². The molecule has 2 fully saturated rings. The van der Waals surface area contributed by atoms with Gasteiger partial charge >= 0.3 is 0 Å². The van der Waals surface area contributed by atoms with Crippen molar-refractivity contribution in [2.24, 2.45) is 0 Å². The standard InChI is InChI=1S/C17H26N2O2/c1-20-17-6-2-14(3-7-17)8-9-19-10-11-21-13-16(19)12-18-15-4-5-15/h2-3,6-7,15-16,18H,4-5,8-13H2,1H3. The van der Waals surface area contributed by atoms with Gasteiger partial charge in [0.05, 0.1) is 20.3 Å². The minimum absolute atomic E-state index is 0.526. The molecule has 21 heavy (non-hydrogen) atoms. The molecule has 4 nitrogen and oxygen atoms in total. The Kier molecular flexibility index (Phi) is 5.12. The average Bonchev–Trinajstić information content (AvgIpc) is 3.36. The molecule has 0 spiro atoms. The van der Waals surface area contributed by atoms with Crippen LogP contribution in [0.1, 0.15) is 18.4 Å². The molecule has 1 heterocycles. The van der Waals surface area contributed by atoms with Crippen molar-refractivity contribution in [2.75, 3.05) is 40.0 Å². The molecule has 0 radical (unpaired) electrons. The largest absolute Gasteiger partial charge is 0.497 e. The van der Waals surface area contributed by atoms with Crippen LogP contribution in [0.4, 0.5) is 0 Å². The second kappa shape index (κ2) is 7.25. The number of hydrogen-bond donors (Lipinski definition) is 1. The summed E-state index contributed by atoms with van der Waals surface area (Å²) in [6.07, 6.45) is 3.78. The smallest absolute Gasteiger partial charge is 0.118 e. The van der Waals surface area contributed by atoms with Crippen LogP contribution >= 0.6 is 0 Å². The number of morpholine rings is 1. The number of nitrogens with one attached hydrogen (secondary N) is 1. The highest BCUT2D eigenvalue weighted by molar-refractivity contribution is 5.27. The Morgan fingerprint density at radius 3 is 2.81 bits per heavy atom. The third-order valence-corrected chi connectivity index (χ3v) is 4.42. The summed E-state index contributed by atoms with van der Waals surface area (Å²) >= 11 is 0. The first-order valence-electron chi connectivity index (χ1n) is 8.03. The van der Waals surface area contributed by atoms with Crippen molar-refractivity contribution in [1.29, 1.82) is 0 Å². The first-order chi connectivity index (χ1) is 10.3. The third kappa shape index (κ3) is 4.43. The maximum Gasteiger partial charge on any atom is 0.118 e. The van der Waals surface area contributed by atoms with E-state index in [0.717, 1.165) is 51.1 Å². The van der Waals surface area contributed by atoms with Crippen LogP contribution in [0, 0.1) is 0 Å². The highest BCUT2D eigenvalue weighted by Crippen LogP contribution is 2.19. The summed E-state index contributed by atoms with van der Waals surface area (Å²) in [7, 11) is 1.71. The van der Waals surface area contributed by atoms with E-state index in [1.165, 1.54) is 18.4 Å².